The number of rotatable bonds is 6. The van der Waals surface area contributed by atoms with Crippen LogP contribution in [0.2, 0.25) is 10.0 Å². The SMILES string of the molecule is CC(C)(Oc1ccc(Cl)cc1Cl)C(=O)N[C@H]1C[C@H]2CC[C@@H](C1)N2c1ccc(S(C)(=O)=O)cn1. The number of halogens is 2. The molecule has 1 amide bonds. The third kappa shape index (κ3) is 5.23. The zero-order chi connectivity index (χ0) is 24.0. The zero-order valence-corrected chi connectivity index (χ0v) is 21.0. The van der Waals surface area contributed by atoms with Crippen molar-refractivity contribution in [1.29, 1.82) is 0 Å². The average Bonchev–Trinajstić information content (AvgIpc) is 3.00. The number of fused-ring (bicyclic) bond motifs is 2. The number of carbonyl (C=O) groups excluding carboxylic acids is 1. The lowest BCUT2D eigenvalue weighted by molar-refractivity contribution is -0.135. The smallest absolute Gasteiger partial charge is 0.263 e. The average molecular weight is 512 g/mol. The van der Waals surface area contributed by atoms with Crippen LogP contribution in [0, 0.1) is 0 Å². The topological polar surface area (TPSA) is 88.6 Å². The number of aromatic nitrogens is 1. The number of hydrogen-bond acceptors (Lipinski definition) is 6. The second-order valence-electron chi connectivity index (χ2n) is 9.25. The standard InChI is InChI=1S/C23H27Cl2N3O4S/c1-23(2,32-20-8-4-14(24)10-19(20)25)22(29)27-15-11-16-5-6-17(12-15)28(16)21-9-7-18(13-26-21)33(3,30)31/h4,7-10,13,15-17H,5-6,11-12H2,1-3H3,(H,27,29)/t15-,16+,17-. The first kappa shape index (κ1) is 24.1. The number of benzene rings is 1. The molecule has 2 bridgehead atoms. The first-order chi connectivity index (χ1) is 15.4. The van der Waals surface area contributed by atoms with E-state index in [0.717, 1.165) is 31.5 Å². The summed E-state index contributed by atoms with van der Waals surface area (Å²) in [6, 6.07) is 8.77. The summed E-state index contributed by atoms with van der Waals surface area (Å²) in [5, 5.41) is 4.00. The maximum Gasteiger partial charge on any atom is 0.263 e. The third-order valence-corrected chi connectivity index (χ3v) is 7.92. The van der Waals surface area contributed by atoms with Gasteiger partial charge in [-0.15, -0.1) is 0 Å². The molecule has 7 nitrogen and oxygen atoms in total. The Morgan fingerprint density at radius 1 is 1.15 bits per heavy atom. The van der Waals surface area contributed by atoms with Gasteiger partial charge in [-0.1, -0.05) is 23.2 Å². The van der Waals surface area contributed by atoms with Gasteiger partial charge in [0, 0.05) is 35.6 Å². The van der Waals surface area contributed by atoms with Crippen LogP contribution in [0.25, 0.3) is 0 Å². The van der Waals surface area contributed by atoms with Crippen molar-refractivity contribution < 1.29 is 17.9 Å². The van der Waals surface area contributed by atoms with Crippen LogP contribution in [0.5, 0.6) is 5.75 Å². The monoisotopic (exact) mass is 511 g/mol. The molecule has 4 rings (SSSR count). The van der Waals surface area contributed by atoms with Crippen molar-refractivity contribution in [2.24, 2.45) is 0 Å². The molecule has 2 aromatic rings. The molecule has 10 heteroatoms. The van der Waals surface area contributed by atoms with Gasteiger partial charge in [-0.3, -0.25) is 4.79 Å². The number of pyridine rings is 1. The summed E-state index contributed by atoms with van der Waals surface area (Å²) in [5.41, 5.74) is -1.11. The Morgan fingerprint density at radius 3 is 2.36 bits per heavy atom. The van der Waals surface area contributed by atoms with E-state index >= 15 is 0 Å². The fourth-order valence-electron chi connectivity index (χ4n) is 4.65. The molecule has 178 valence electrons. The number of hydrogen-bond donors (Lipinski definition) is 1. The quantitative estimate of drug-likeness (QED) is 0.622. The number of sulfone groups is 1. The summed E-state index contributed by atoms with van der Waals surface area (Å²) in [6.45, 7) is 3.43. The summed E-state index contributed by atoms with van der Waals surface area (Å²) in [6.07, 6.45) is 6.18. The normalized spacial score (nSPS) is 22.8. The molecule has 2 fully saturated rings. The number of nitrogens with zero attached hydrogens (tertiary/aromatic N) is 2. The third-order valence-electron chi connectivity index (χ3n) is 6.29. The van der Waals surface area contributed by atoms with Gasteiger partial charge in [0.1, 0.15) is 11.6 Å². The largest absolute Gasteiger partial charge is 0.476 e. The lowest BCUT2D eigenvalue weighted by Gasteiger charge is -2.40. The molecule has 2 saturated heterocycles. The van der Waals surface area contributed by atoms with E-state index in [1.54, 1.807) is 44.2 Å². The molecule has 0 radical (unpaired) electrons. The molecular weight excluding hydrogens is 485 g/mol. The van der Waals surface area contributed by atoms with Gasteiger partial charge in [0.25, 0.3) is 5.91 Å². The highest BCUT2D eigenvalue weighted by Gasteiger charge is 2.43. The molecule has 0 saturated carbocycles. The van der Waals surface area contributed by atoms with Crippen LogP contribution in [0.3, 0.4) is 0 Å². The maximum atomic E-state index is 13.0. The highest BCUT2D eigenvalue weighted by molar-refractivity contribution is 7.90. The van der Waals surface area contributed by atoms with Gasteiger partial charge in [0.2, 0.25) is 0 Å². The van der Waals surface area contributed by atoms with Gasteiger partial charge in [-0.05, 0) is 69.9 Å². The Hall–Kier alpha value is -2.03. The van der Waals surface area contributed by atoms with Crippen molar-refractivity contribution >= 4 is 44.8 Å². The number of amides is 1. The van der Waals surface area contributed by atoms with Crippen molar-refractivity contribution in [3.05, 3.63) is 46.6 Å². The van der Waals surface area contributed by atoms with Gasteiger partial charge in [-0.25, -0.2) is 13.4 Å². The van der Waals surface area contributed by atoms with Crippen LogP contribution < -0.4 is 15.0 Å². The van der Waals surface area contributed by atoms with Gasteiger partial charge < -0.3 is 15.0 Å². The summed E-state index contributed by atoms with van der Waals surface area (Å²) in [5.74, 6) is 0.974. The van der Waals surface area contributed by atoms with E-state index in [1.807, 2.05) is 0 Å². The highest BCUT2D eigenvalue weighted by Crippen LogP contribution is 2.39. The predicted octanol–water partition coefficient (Wildman–Crippen LogP) is 4.27. The van der Waals surface area contributed by atoms with Crippen LogP contribution in [-0.4, -0.2) is 49.3 Å². The molecular formula is C23H27Cl2N3O4S. The minimum atomic E-state index is -3.28. The first-order valence-corrected chi connectivity index (χ1v) is 13.5. The number of carbonyl (C=O) groups is 1. The van der Waals surface area contributed by atoms with Gasteiger partial charge in [-0.2, -0.15) is 0 Å². The Kier molecular flexibility index (Phi) is 6.55. The first-order valence-electron chi connectivity index (χ1n) is 10.8. The van der Waals surface area contributed by atoms with Crippen LogP contribution >= 0.6 is 23.2 Å². The lowest BCUT2D eigenvalue weighted by Crippen LogP contribution is -2.55. The Morgan fingerprint density at radius 2 is 1.82 bits per heavy atom. The van der Waals surface area contributed by atoms with Crippen molar-refractivity contribution in [3.8, 4) is 5.75 Å². The molecule has 0 spiro atoms. The van der Waals surface area contributed by atoms with Crippen molar-refractivity contribution in [2.75, 3.05) is 11.2 Å². The molecule has 33 heavy (non-hydrogen) atoms. The molecule has 3 heterocycles. The predicted molar refractivity (Wildman–Crippen MR) is 129 cm³/mol. The van der Waals surface area contributed by atoms with Crippen LogP contribution in [0.15, 0.2) is 41.4 Å². The van der Waals surface area contributed by atoms with Crippen molar-refractivity contribution in [2.45, 2.75) is 68.2 Å². The molecule has 0 aliphatic carbocycles. The fourth-order valence-corrected chi connectivity index (χ4v) is 5.66. The maximum absolute atomic E-state index is 13.0. The molecule has 1 aromatic heterocycles. The summed E-state index contributed by atoms with van der Waals surface area (Å²) in [7, 11) is -3.28. The Bertz CT molecular complexity index is 1140. The van der Waals surface area contributed by atoms with Crippen LogP contribution in [-0.2, 0) is 14.6 Å². The molecule has 0 unspecified atom stereocenters. The lowest BCUT2D eigenvalue weighted by atomic mass is 9.96. The zero-order valence-electron chi connectivity index (χ0n) is 18.7. The number of piperidine rings is 1. The summed E-state index contributed by atoms with van der Waals surface area (Å²) in [4.78, 5) is 19.9. The van der Waals surface area contributed by atoms with E-state index in [0.29, 0.717) is 15.8 Å². The second kappa shape index (κ2) is 8.96. The Balaban J connectivity index is 1.41. The Labute approximate surface area is 204 Å². The van der Waals surface area contributed by atoms with Gasteiger partial charge >= 0.3 is 0 Å². The van der Waals surface area contributed by atoms with Crippen LogP contribution in [0.4, 0.5) is 5.82 Å². The molecule has 2 aliphatic rings. The van der Waals surface area contributed by atoms with Crippen LogP contribution in [0.1, 0.15) is 39.5 Å². The highest BCUT2D eigenvalue weighted by atomic mass is 35.5. The van der Waals surface area contributed by atoms with E-state index < -0.39 is 15.4 Å². The van der Waals surface area contributed by atoms with Crippen molar-refractivity contribution in [1.82, 2.24) is 10.3 Å². The number of anilines is 1. The minimum absolute atomic E-state index is 0.0186. The molecule has 2 aliphatic heterocycles. The van der Waals surface area contributed by atoms with Crippen molar-refractivity contribution in [3.63, 3.8) is 0 Å². The molecule has 3 atom stereocenters. The van der Waals surface area contributed by atoms with Gasteiger partial charge in [0.15, 0.2) is 15.4 Å². The number of ether oxygens (including phenoxy) is 1. The van der Waals surface area contributed by atoms with E-state index in [9.17, 15) is 13.2 Å². The summed E-state index contributed by atoms with van der Waals surface area (Å²) >= 11 is 12.1. The second-order valence-corrected chi connectivity index (χ2v) is 12.1. The van der Waals surface area contributed by atoms with E-state index in [2.05, 4.69) is 15.2 Å². The van der Waals surface area contributed by atoms with Gasteiger partial charge in [0.05, 0.1) is 9.92 Å². The van der Waals surface area contributed by atoms with E-state index in [4.69, 9.17) is 27.9 Å². The van der Waals surface area contributed by atoms with E-state index in [1.165, 1.54) is 12.5 Å². The molecule has 1 N–H and O–H groups in total. The summed E-state index contributed by atoms with van der Waals surface area (Å²) < 4.78 is 29.4. The minimum Gasteiger partial charge on any atom is -0.476 e. The fraction of sp³-hybridized carbons (Fsp3) is 0.478. The molecule has 1 aromatic carbocycles. The number of nitrogens with one attached hydrogen (secondary N) is 1. The van der Waals surface area contributed by atoms with E-state index in [-0.39, 0.29) is 28.9 Å².